The van der Waals surface area contributed by atoms with E-state index in [1.54, 1.807) is 12.1 Å². The largest absolute Gasteiger partial charge is 0.504 e. The Kier molecular flexibility index (Phi) is 2.48. The van der Waals surface area contributed by atoms with E-state index in [1.165, 1.54) is 7.11 Å². The van der Waals surface area contributed by atoms with E-state index < -0.39 is 0 Å². The lowest BCUT2D eigenvalue weighted by atomic mass is 9.97. The second-order valence-electron chi connectivity index (χ2n) is 5.04. The van der Waals surface area contributed by atoms with E-state index in [0.717, 1.165) is 16.5 Å². The van der Waals surface area contributed by atoms with Crippen molar-refractivity contribution in [2.24, 2.45) is 11.1 Å². The third-order valence-corrected chi connectivity index (χ3v) is 4.21. The molecule has 0 radical (unpaired) electrons. The number of nitrogens with two attached hydrogens (primary N) is 1. The molecule has 1 saturated carbocycles. The fourth-order valence-electron chi connectivity index (χ4n) is 2.16. The fraction of sp³-hybridized carbons (Fsp3) is 0.500. The highest BCUT2D eigenvalue weighted by Gasteiger charge is 2.60. The number of hydrogen-bond acceptors (Lipinski definition) is 3. The van der Waals surface area contributed by atoms with Crippen molar-refractivity contribution >= 4 is 15.9 Å². The van der Waals surface area contributed by atoms with Crippen molar-refractivity contribution in [1.29, 1.82) is 0 Å². The van der Waals surface area contributed by atoms with Crippen LogP contribution in [0.2, 0.25) is 0 Å². The van der Waals surface area contributed by atoms with E-state index >= 15 is 0 Å². The third kappa shape index (κ3) is 1.52. The molecule has 1 atom stereocenters. The number of aromatic hydroxyl groups is 1. The average Bonchev–Trinajstić information content (AvgIpc) is 2.70. The molecule has 4 heteroatoms. The van der Waals surface area contributed by atoms with E-state index in [4.69, 9.17) is 10.5 Å². The van der Waals surface area contributed by atoms with Crippen LogP contribution in [0, 0.1) is 5.41 Å². The molecule has 0 amide bonds. The number of benzene rings is 1. The summed E-state index contributed by atoms with van der Waals surface area (Å²) in [7, 11) is 1.53. The maximum absolute atomic E-state index is 9.78. The van der Waals surface area contributed by atoms with E-state index in [2.05, 4.69) is 29.8 Å². The van der Waals surface area contributed by atoms with Crippen molar-refractivity contribution in [1.82, 2.24) is 0 Å². The smallest absolute Gasteiger partial charge is 0.161 e. The maximum Gasteiger partial charge on any atom is 0.161 e. The zero-order valence-corrected chi connectivity index (χ0v) is 11.3. The lowest BCUT2D eigenvalue weighted by Gasteiger charge is -2.18. The topological polar surface area (TPSA) is 55.5 Å². The molecule has 1 fully saturated rings. The number of phenolic OH excluding ortho intramolecular Hbond substituents is 1. The van der Waals surface area contributed by atoms with Gasteiger partial charge in [0.05, 0.1) is 7.11 Å². The van der Waals surface area contributed by atoms with Crippen LogP contribution in [-0.4, -0.2) is 12.2 Å². The van der Waals surface area contributed by atoms with Crippen molar-refractivity contribution in [3.63, 3.8) is 0 Å². The molecule has 0 saturated heterocycles. The summed E-state index contributed by atoms with van der Waals surface area (Å²) >= 11 is 3.48. The zero-order valence-electron chi connectivity index (χ0n) is 9.67. The normalized spacial score (nSPS) is 26.6. The molecule has 1 unspecified atom stereocenters. The summed E-state index contributed by atoms with van der Waals surface area (Å²) in [6.45, 7) is 4.25. The summed E-state index contributed by atoms with van der Waals surface area (Å²) in [5.74, 6) is 0.589. The monoisotopic (exact) mass is 285 g/mol. The van der Waals surface area contributed by atoms with Gasteiger partial charge in [-0.05, 0) is 29.5 Å². The number of hydrogen-bond donors (Lipinski definition) is 2. The first kappa shape index (κ1) is 11.7. The van der Waals surface area contributed by atoms with Crippen LogP contribution in [-0.2, 0) is 5.54 Å². The lowest BCUT2D eigenvalue weighted by molar-refractivity contribution is 0.371. The molecule has 1 aliphatic carbocycles. The van der Waals surface area contributed by atoms with Crippen molar-refractivity contribution in [3.8, 4) is 11.5 Å². The number of methoxy groups -OCH3 is 1. The fourth-order valence-corrected chi connectivity index (χ4v) is 2.84. The summed E-state index contributed by atoms with van der Waals surface area (Å²) in [5.41, 5.74) is 6.99. The van der Waals surface area contributed by atoms with Gasteiger partial charge in [0.1, 0.15) is 0 Å². The molecule has 1 aromatic rings. The predicted molar refractivity (Wildman–Crippen MR) is 66.6 cm³/mol. The standard InChI is InChI=1S/C12H16BrNO2/c1-11(2)6-12(11,14)7-4-9(15)10(16-3)5-8(7)13/h4-5,15H,6,14H2,1-3H3. The van der Waals surface area contributed by atoms with Crippen molar-refractivity contribution < 1.29 is 9.84 Å². The average molecular weight is 286 g/mol. The molecule has 1 aromatic carbocycles. The molecule has 0 spiro atoms. The van der Waals surface area contributed by atoms with Gasteiger partial charge < -0.3 is 15.6 Å². The molecule has 1 aliphatic rings. The Morgan fingerprint density at radius 1 is 1.44 bits per heavy atom. The van der Waals surface area contributed by atoms with Gasteiger partial charge in [-0.3, -0.25) is 0 Å². The van der Waals surface area contributed by atoms with Crippen molar-refractivity contribution in [2.75, 3.05) is 7.11 Å². The van der Waals surface area contributed by atoms with Crippen LogP contribution >= 0.6 is 15.9 Å². The van der Waals surface area contributed by atoms with Crippen LogP contribution in [0.5, 0.6) is 11.5 Å². The van der Waals surface area contributed by atoms with Gasteiger partial charge >= 0.3 is 0 Å². The second-order valence-corrected chi connectivity index (χ2v) is 5.89. The summed E-state index contributed by atoms with van der Waals surface area (Å²) in [6.07, 6.45) is 0.921. The van der Waals surface area contributed by atoms with Gasteiger partial charge in [0.25, 0.3) is 0 Å². The highest BCUT2D eigenvalue weighted by atomic mass is 79.9. The number of ether oxygens (including phenoxy) is 1. The van der Waals surface area contributed by atoms with Gasteiger partial charge in [-0.15, -0.1) is 0 Å². The molecule has 88 valence electrons. The highest BCUT2D eigenvalue weighted by molar-refractivity contribution is 9.10. The number of phenols is 1. The van der Waals surface area contributed by atoms with Crippen LogP contribution in [0.1, 0.15) is 25.8 Å². The van der Waals surface area contributed by atoms with Crippen LogP contribution in [0.4, 0.5) is 0 Å². The van der Waals surface area contributed by atoms with Crippen LogP contribution in [0.15, 0.2) is 16.6 Å². The van der Waals surface area contributed by atoms with Gasteiger partial charge in [-0.25, -0.2) is 0 Å². The minimum atomic E-state index is -0.352. The van der Waals surface area contributed by atoms with Crippen LogP contribution in [0.3, 0.4) is 0 Å². The first-order valence-electron chi connectivity index (χ1n) is 5.18. The van der Waals surface area contributed by atoms with E-state index in [1.807, 2.05) is 0 Å². The number of halogens is 1. The number of rotatable bonds is 2. The predicted octanol–water partition coefficient (Wildman–Crippen LogP) is 2.75. The zero-order chi connectivity index (χ0) is 12.1. The molecule has 16 heavy (non-hydrogen) atoms. The molecule has 0 aliphatic heterocycles. The maximum atomic E-state index is 9.78. The summed E-state index contributed by atoms with van der Waals surface area (Å²) in [6, 6.07) is 3.45. The lowest BCUT2D eigenvalue weighted by Crippen LogP contribution is -2.25. The quantitative estimate of drug-likeness (QED) is 0.879. The Balaban J connectivity index is 2.48. The SMILES string of the molecule is COc1cc(Br)c(C2(N)CC2(C)C)cc1O. The molecule has 0 aromatic heterocycles. The van der Waals surface area contributed by atoms with E-state index in [0.29, 0.717) is 5.75 Å². The van der Waals surface area contributed by atoms with E-state index in [9.17, 15) is 5.11 Å². The van der Waals surface area contributed by atoms with Gasteiger partial charge in [-0.2, -0.15) is 0 Å². The van der Waals surface area contributed by atoms with E-state index in [-0.39, 0.29) is 16.7 Å². The molecule has 3 nitrogen and oxygen atoms in total. The van der Waals surface area contributed by atoms with Gasteiger partial charge in [0.15, 0.2) is 11.5 Å². The second kappa shape index (κ2) is 3.37. The summed E-state index contributed by atoms with van der Waals surface area (Å²) < 4.78 is 5.93. The third-order valence-electron chi connectivity index (χ3n) is 3.55. The Bertz CT molecular complexity index is 445. The molecule has 0 heterocycles. The van der Waals surface area contributed by atoms with Gasteiger partial charge in [0, 0.05) is 10.0 Å². The minimum Gasteiger partial charge on any atom is -0.504 e. The van der Waals surface area contributed by atoms with Gasteiger partial charge in [0.2, 0.25) is 0 Å². The van der Waals surface area contributed by atoms with Crippen molar-refractivity contribution in [2.45, 2.75) is 25.8 Å². The Hall–Kier alpha value is -0.740. The Labute approximate surface area is 104 Å². The minimum absolute atomic E-state index is 0.0799. The molecule has 0 bridgehead atoms. The Morgan fingerprint density at radius 2 is 2.00 bits per heavy atom. The molecule has 3 N–H and O–H groups in total. The van der Waals surface area contributed by atoms with Crippen LogP contribution < -0.4 is 10.5 Å². The molecular formula is C12H16BrNO2. The Morgan fingerprint density at radius 3 is 2.44 bits per heavy atom. The molecule has 2 rings (SSSR count). The van der Waals surface area contributed by atoms with Gasteiger partial charge in [-0.1, -0.05) is 29.8 Å². The summed E-state index contributed by atoms with van der Waals surface area (Å²) in [5, 5.41) is 9.78. The van der Waals surface area contributed by atoms with Crippen LogP contribution in [0.25, 0.3) is 0 Å². The summed E-state index contributed by atoms with van der Waals surface area (Å²) in [4.78, 5) is 0. The first-order chi connectivity index (χ1) is 7.32. The van der Waals surface area contributed by atoms with Crippen molar-refractivity contribution in [3.05, 3.63) is 22.2 Å². The first-order valence-corrected chi connectivity index (χ1v) is 5.97. The highest BCUT2D eigenvalue weighted by Crippen LogP contribution is 2.62. The molecular weight excluding hydrogens is 270 g/mol.